The average Bonchev–Trinajstić information content (AvgIpc) is 3.07. The van der Waals surface area contributed by atoms with Crippen molar-refractivity contribution in [3.05, 3.63) is 35.4 Å². The number of halogens is 1. The SMILES string of the molecule is CCNC(=NCc1ccc(CN2CCCC2=O)cc1)NCCNC(=O)OC(C)(C)C.I. The van der Waals surface area contributed by atoms with Crippen LogP contribution >= 0.6 is 24.0 Å². The molecule has 0 saturated carbocycles. The van der Waals surface area contributed by atoms with Gasteiger partial charge in [-0.15, -0.1) is 24.0 Å². The summed E-state index contributed by atoms with van der Waals surface area (Å²) in [6.07, 6.45) is 1.20. The van der Waals surface area contributed by atoms with Gasteiger partial charge in [0.1, 0.15) is 5.60 Å². The number of ether oxygens (including phenoxy) is 1. The molecule has 1 aliphatic heterocycles. The maximum Gasteiger partial charge on any atom is 0.407 e. The van der Waals surface area contributed by atoms with Gasteiger partial charge < -0.3 is 25.6 Å². The fourth-order valence-electron chi connectivity index (χ4n) is 3.01. The Morgan fingerprint density at radius 2 is 1.74 bits per heavy atom. The number of benzene rings is 1. The lowest BCUT2D eigenvalue weighted by Gasteiger charge is -2.20. The number of guanidine groups is 1. The first-order chi connectivity index (χ1) is 14.3. The van der Waals surface area contributed by atoms with Gasteiger partial charge in [-0.05, 0) is 45.2 Å². The number of amides is 2. The highest BCUT2D eigenvalue weighted by Crippen LogP contribution is 2.15. The number of aliphatic imine (C=N–C) groups is 1. The van der Waals surface area contributed by atoms with E-state index in [1.165, 1.54) is 0 Å². The maximum absolute atomic E-state index is 11.8. The molecule has 1 aromatic rings. The first-order valence-corrected chi connectivity index (χ1v) is 10.6. The van der Waals surface area contributed by atoms with Gasteiger partial charge in [0, 0.05) is 39.1 Å². The van der Waals surface area contributed by atoms with Gasteiger partial charge in [-0.1, -0.05) is 24.3 Å². The van der Waals surface area contributed by atoms with Crippen molar-refractivity contribution >= 4 is 41.9 Å². The van der Waals surface area contributed by atoms with Crippen molar-refractivity contribution in [3.63, 3.8) is 0 Å². The third-order valence-electron chi connectivity index (χ3n) is 4.42. The summed E-state index contributed by atoms with van der Waals surface area (Å²) in [5.41, 5.74) is 1.72. The van der Waals surface area contributed by atoms with E-state index in [-0.39, 0.29) is 29.9 Å². The Kier molecular flexibility index (Phi) is 11.7. The van der Waals surface area contributed by atoms with Crippen molar-refractivity contribution in [2.75, 3.05) is 26.2 Å². The summed E-state index contributed by atoms with van der Waals surface area (Å²) in [5.74, 6) is 0.932. The molecule has 9 heteroatoms. The van der Waals surface area contributed by atoms with Crippen LogP contribution in [0.2, 0.25) is 0 Å². The minimum absolute atomic E-state index is 0. The predicted molar refractivity (Wildman–Crippen MR) is 134 cm³/mol. The monoisotopic (exact) mass is 545 g/mol. The first-order valence-electron chi connectivity index (χ1n) is 10.6. The molecule has 1 aromatic carbocycles. The van der Waals surface area contributed by atoms with E-state index in [0.717, 1.165) is 30.6 Å². The lowest BCUT2D eigenvalue weighted by molar-refractivity contribution is -0.128. The van der Waals surface area contributed by atoms with Gasteiger partial charge in [0.2, 0.25) is 5.91 Å². The Hall–Kier alpha value is -2.04. The molecule has 174 valence electrons. The summed E-state index contributed by atoms with van der Waals surface area (Å²) < 4.78 is 5.21. The van der Waals surface area contributed by atoms with Crippen LogP contribution in [0.3, 0.4) is 0 Å². The van der Waals surface area contributed by atoms with Gasteiger partial charge in [0.15, 0.2) is 5.96 Å². The molecular formula is C22H36IN5O3. The zero-order valence-electron chi connectivity index (χ0n) is 19.0. The molecule has 31 heavy (non-hydrogen) atoms. The average molecular weight is 545 g/mol. The molecule has 2 rings (SSSR count). The van der Waals surface area contributed by atoms with Crippen LogP contribution < -0.4 is 16.0 Å². The van der Waals surface area contributed by atoms with Gasteiger partial charge in [0.25, 0.3) is 0 Å². The van der Waals surface area contributed by atoms with Crippen LogP contribution in [0.5, 0.6) is 0 Å². The molecule has 0 atom stereocenters. The summed E-state index contributed by atoms with van der Waals surface area (Å²) in [6, 6.07) is 8.21. The van der Waals surface area contributed by atoms with E-state index in [0.29, 0.717) is 38.6 Å². The van der Waals surface area contributed by atoms with Crippen molar-refractivity contribution in [3.8, 4) is 0 Å². The summed E-state index contributed by atoms with van der Waals surface area (Å²) in [4.78, 5) is 29.9. The van der Waals surface area contributed by atoms with Crippen LogP contribution in [0, 0.1) is 0 Å². The third-order valence-corrected chi connectivity index (χ3v) is 4.42. The molecule has 3 N–H and O–H groups in total. The standard InChI is InChI=1S/C22H35N5O3.HI/c1-5-23-20(24-12-13-25-21(29)30-22(2,3)4)26-15-17-8-10-18(11-9-17)16-27-14-6-7-19(27)28;/h8-11H,5-7,12-16H2,1-4H3,(H,25,29)(H2,23,24,26);1H. The number of alkyl carbamates (subject to hydrolysis) is 1. The highest BCUT2D eigenvalue weighted by atomic mass is 127. The predicted octanol–water partition coefficient (Wildman–Crippen LogP) is 3.01. The number of nitrogens with one attached hydrogen (secondary N) is 3. The molecule has 0 aliphatic carbocycles. The number of nitrogens with zero attached hydrogens (tertiary/aromatic N) is 2. The van der Waals surface area contributed by atoms with Gasteiger partial charge in [0.05, 0.1) is 6.54 Å². The molecule has 0 spiro atoms. The van der Waals surface area contributed by atoms with Crippen LogP contribution in [0.15, 0.2) is 29.3 Å². The molecule has 0 radical (unpaired) electrons. The quantitative estimate of drug-likeness (QED) is 0.202. The number of hydrogen-bond donors (Lipinski definition) is 3. The second kappa shape index (κ2) is 13.4. The third kappa shape index (κ3) is 10.7. The second-order valence-corrected chi connectivity index (χ2v) is 8.29. The number of likely N-dealkylation sites (tertiary alicyclic amines) is 1. The molecule has 0 aromatic heterocycles. The first kappa shape index (κ1) is 27.0. The molecule has 2 amide bonds. The lowest BCUT2D eigenvalue weighted by atomic mass is 10.1. The number of carbonyl (C=O) groups excluding carboxylic acids is 2. The summed E-state index contributed by atoms with van der Waals surface area (Å²) in [6.45, 7) is 11.3. The molecular weight excluding hydrogens is 509 g/mol. The normalized spacial score (nSPS) is 14.1. The Labute approximate surface area is 202 Å². The molecule has 1 fully saturated rings. The van der Waals surface area contributed by atoms with E-state index in [9.17, 15) is 9.59 Å². The number of carbonyl (C=O) groups is 2. The van der Waals surface area contributed by atoms with Crippen LogP contribution in [-0.2, 0) is 22.6 Å². The minimum Gasteiger partial charge on any atom is -0.444 e. The van der Waals surface area contributed by atoms with E-state index in [2.05, 4.69) is 33.1 Å². The zero-order chi connectivity index (χ0) is 22.0. The summed E-state index contributed by atoms with van der Waals surface area (Å²) in [5, 5.41) is 9.11. The fourth-order valence-corrected chi connectivity index (χ4v) is 3.01. The Bertz CT molecular complexity index is 732. The maximum atomic E-state index is 11.8. The van der Waals surface area contributed by atoms with Crippen LogP contribution in [0.1, 0.15) is 51.7 Å². The van der Waals surface area contributed by atoms with Gasteiger partial charge in [-0.2, -0.15) is 0 Å². The van der Waals surface area contributed by atoms with Crippen LogP contribution in [0.25, 0.3) is 0 Å². The molecule has 8 nitrogen and oxygen atoms in total. The van der Waals surface area contributed by atoms with Crippen LogP contribution in [-0.4, -0.2) is 54.6 Å². The van der Waals surface area contributed by atoms with Gasteiger partial charge >= 0.3 is 6.09 Å². The molecule has 1 heterocycles. The zero-order valence-corrected chi connectivity index (χ0v) is 21.3. The molecule has 0 bridgehead atoms. The van der Waals surface area contributed by atoms with Gasteiger partial charge in [-0.3, -0.25) is 4.79 Å². The lowest BCUT2D eigenvalue weighted by Crippen LogP contribution is -2.42. The van der Waals surface area contributed by atoms with Crippen LogP contribution in [0.4, 0.5) is 4.79 Å². The van der Waals surface area contributed by atoms with E-state index in [1.807, 2.05) is 44.7 Å². The number of rotatable bonds is 8. The van der Waals surface area contributed by atoms with E-state index < -0.39 is 11.7 Å². The number of hydrogen-bond acceptors (Lipinski definition) is 4. The Morgan fingerprint density at radius 3 is 2.32 bits per heavy atom. The Balaban J connectivity index is 0.00000480. The molecule has 1 saturated heterocycles. The topological polar surface area (TPSA) is 95.1 Å². The van der Waals surface area contributed by atoms with E-state index in [1.54, 1.807) is 0 Å². The summed E-state index contributed by atoms with van der Waals surface area (Å²) in [7, 11) is 0. The molecule has 1 aliphatic rings. The van der Waals surface area contributed by atoms with Crippen molar-refractivity contribution in [2.24, 2.45) is 4.99 Å². The van der Waals surface area contributed by atoms with Crippen molar-refractivity contribution in [1.29, 1.82) is 0 Å². The smallest absolute Gasteiger partial charge is 0.407 e. The highest BCUT2D eigenvalue weighted by Gasteiger charge is 2.19. The second-order valence-electron chi connectivity index (χ2n) is 8.29. The highest BCUT2D eigenvalue weighted by molar-refractivity contribution is 14.0. The molecule has 0 unspecified atom stereocenters. The van der Waals surface area contributed by atoms with E-state index >= 15 is 0 Å². The van der Waals surface area contributed by atoms with Gasteiger partial charge in [-0.25, -0.2) is 9.79 Å². The van der Waals surface area contributed by atoms with Crippen molar-refractivity contribution in [2.45, 2.75) is 59.2 Å². The largest absolute Gasteiger partial charge is 0.444 e. The minimum atomic E-state index is -0.506. The van der Waals surface area contributed by atoms with Crippen molar-refractivity contribution < 1.29 is 14.3 Å². The summed E-state index contributed by atoms with van der Waals surface area (Å²) >= 11 is 0. The Morgan fingerprint density at radius 1 is 1.10 bits per heavy atom. The fraction of sp³-hybridized carbons (Fsp3) is 0.591. The van der Waals surface area contributed by atoms with E-state index in [4.69, 9.17) is 4.74 Å². The van der Waals surface area contributed by atoms with Crippen molar-refractivity contribution in [1.82, 2.24) is 20.9 Å².